The quantitative estimate of drug-likeness (QED) is 0.252. The molecule has 182 valence electrons. The molecule has 0 atom stereocenters. The van der Waals surface area contributed by atoms with E-state index < -0.39 is 5.97 Å². The molecule has 36 heavy (non-hydrogen) atoms. The summed E-state index contributed by atoms with van der Waals surface area (Å²) in [6, 6.07) is 23.5. The maximum absolute atomic E-state index is 12.6. The van der Waals surface area contributed by atoms with Gasteiger partial charge in [0, 0.05) is 11.4 Å². The first-order valence-electron chi connectivity index (χ1n) is 11.2. The van der Waals surface area contributed by atoms with Crippen LogP contribution in [0.4, 0.5) is 21.3 Å². The molecule has 3 aromatic carbocycles. The lowest BCUT2D eigenvalue weighted by Gasteiger charge is -2.10. The summed E-state index contributed by atoms with van der Waals surface area (Å²) < 4.78 is 0. The van der Waals surface area contributed by atoms with Gasteiger partial charge in [0.2, 0.25) is 5.91 Å². The van der Waals surface area contributed by atoms with E-state index in [-0.39, 0.29) is 24.8 Å². The van der Waals surface area contributed by atoms with E-state index >= 15 is 0 Å². The zero-order valence-electron chi connectivity index (χ0n) is 19.4. The van der Waals surface area contributed by atoms with Gasteiger partial charge in [-0.15, -0.1) is 0 Å². The van der Waals surface area contributed by atoms with Gasteiger partial charge in [0.1, 0.15) is 0 Å². The van der Waals surface area contributed by atoms with E-state index in [4.69, 9.17) is 0 Å². The lowest BCUT2D eigenvalue weighted by molar-refractivity contribution is -0.136. The largest absolute Gasteiger partial charge is 0.481 e. The number of amides is 3. The molecule has 0 saturated carbocycles. The van der Waals surface area contributed by atoms with Gasteiger partial charge in [0.25, 0.3) is 0 Å². The van der Waals surface area contributed by atoms with Gasteiger partial charge in [0.15, 0.2) is 5.13 Å². The summed E-state index contributed by atoms with van der Waals surface area (Å²) in [7, 11) is 0. The lowest BCUT2D eigenvalue weighted by Crippen LogP contribution is -2.20. The topological polar surface area (TPSA) is 120 Å². The van der Waals surface area contributed by atoms with Gasteiger partial charge < -0.3 is 21.1 Å². The highest BCUT2D eigenvalue weighted by molar-refractivity contribution is 7.19. The van der Waals surface area contributed by atoms with Gasteiger partial charge in [-0.25, -0.2) is 9.78 Å². The Kier molecular flexibility index (Phi) is 7.72. The van der Waals surface area contributed by atoms with Crippen molar-refractivity contribution in [1.29, 1.82) is 0 Å². The Bertz CT molecular complexity index is 1380. The van der Waals surface area contributed by atoms with Crippen LogP contribution in [0, 0.1) is 6.92 Å². The number of carboxylic acid groups (broad SMARTS) is 1. The number of carbonyl (C=O) groups excluding carboxylic acids is 2. The first-order chi connectivity index (χ1) is 17.4. The second-order valence-electron chi connectivity index (χ2n) is 8.05. The van der Waals surface area contributed by atoms with Gasteiger partial charge in [-0.1, -0.05) is 72.0 Å². The molecular formula is C27H24N4O4S. The summed E-state index contributed by atoms with van der Waals surface area (Å²) in [6.45, 7) is 1.91. The number of carboxylic acids is 1. The summed E-state index contributed by atoms with van der Waals surface area (Å²) >= 11 is 1.24. The fraction of sp³-hybridized carbons (Fsp3) is 0.111. The van der Waals surface area contributed by atoms with E-state index in [1.165, 1.54) is 11.3 Å². The van der Waals surface area contributed by atoms with Crippen molar-refractivity contribution in [2.75, 3.05) is 16.0 Å². The van der Waals surface area contributed by atoms with Crippen molar-refractivity contribution in [2.24, 2.45) is 0 Å². The van der Waals surface area contributed by atoms with Gasteiger partial charge in [-0.3, -0.25) is 9.59 Å². The number of nitrogens with zero attached hydrogens (tertiary/aromatic N) is 1. The van der Waals surface area contributed by atoms with Crippen LogP contribution in [0.1, 0.15) is 16.8 Å². The lowest BCUT2D eigenvalue weighted by atomic mass is 10.1. The molecular weight excluding hydrogens is 476 g/mol. The predicted octanol–water partition coefficient (Wildman–Crippen LogP) is 5.57. The number of anilines is 3. The number of urea groups is 1. The maximum Gasteiger partial charge on any atom is 0.323 e. The predicted molar refractivity (Wildman–Crippen MR) is 141 cm³/mol. The Hall–Kier alpha value is -4.50. The molecule has 0 aliphatic carbocycles. The standard InChI is InChI=1S/C27H24N4O4S/c1-17-7-5-6-10-21(17)29-26(35)28-20-13-11-18(12-14-20)15-23(32)31-27-30-22(16-24(33)34)25(36-27)19-8-3-2-4-9-19/h2-14H,15-16H2,1H3,(H,33,34)(H2,28,29,35)(H,30,31,32). The molecule has 0 fully saturated rings. The van der Waals surface area contributed by atoms with Crippen LogP contribution < -0.4 is 16.0 Å². The van der Waals surface area contributed by atoms with Gasteiger partial charge in [0.05, 0.1) is 23.4 Å². The molecule has 0 saturated heterocycles. The molecule has 0 bridgehead atoms. The third-order valence-corrected chi connectivity index (χ3v) is 6.33. The Morgan fingerprint density at radius 3 is 2.22 bits per heavy atom. The van der Waals surface area contributed by atoms with Crippen LogP contribution in [-0.2, 0) is 22.4 Å². The van der Waals surface area contributed by atoms with E-state index in [1.54, 1.807) is 24.3 Å². The second-order valence-corrected chi connectivity index (χ2v) is 9.05. The molecule has 1 aromatic heterocycles. The monoisotopic (exact) mass is 500 g/mol. The average molecular weight is 501 g/mol. The SMILES string of the molecule is Cc1ccccc1NC(=O)Nc1ccc(CC(=O)Nc2nc(CC(=O)O)c(-c3ccccc3)s2)cc1. The Morgan fingerprint density at radius 1 is 0.833 bits per heavy atom. The van der Waals surface area contributed by atoms with Crippen molar-refractivity contribution in [3.63, 3.8) is 0 Å². The summed E-state index contributed by atoms with van der Waals surface area (Å²) in [5.74, 6) is -1.26. The van der Waals surface area contributed by atoms with Crippen LogP contribution in [0.15, 0.2) is 78.9 Å². The van der Waals surface area contributed by atoms with Crippen LogP contribution in [0.5, 0.6) is 0 Å². The number of nitrogens with one attached hydrogen (secondary N) is 3. The number of benzene rings is 3. The maximum atomic E-state index is 12.6. The zero-order valence-corrected chi connectivity index (χ0v) is 20.3. The smallest absolute Gasteiger partial charge is 0.323 e. The first kappa shape index (κ1) is 24.6. The van der Waals surface area contributed by atoms with Crippen molar-refractivity contribution in [3.05, 3.63) is 95.7 Å². The van der Waals surface area contributed by atoms with Crippen LogP contribution >= 0.6 is 11.3 Å². The summed E-state index contributed by atoms with van der Waals surface area (Å²) in [5, 5.41) is 17.9. The average Bonchev–Trinajstić information content (AvgIpc) is 3.23. The fourth-order valence-electron chi connectivity index (χ4n) is 3.54. The molecule has 4 aromatic rings. The van der Waals surface area contributed by atoms with Crippen molar-refractivity contribution >= 4 is 45.8 Å². The Morgan fingerprint density at radius 2 is 1.53 bits per heavy atom. The molecule has 0 spiro atoms. The molecule has 8 nitrogen and oxygen atoms in total. The number of carbonyl (C=O) groups is 3. The van der Waals surface area contributed by atoms with Gasteiger partial charge >= 0.3 is 12.0 Å². The van der Waals surface area contributed by atoms with Crippen molar-refractivity contribution in [2.45, 2.75) is 19.8 Å². The Labute approximate surface area is 212 Å². The van der Waals surface area contributed by atoms with E-state index in [1.807, 2.05) is 61.5 Å². The molecule has 9 heteroatoms. The highest BCUT2D eigenvalue weighted by Crippen LogP contribution is 2.33. The van der Waals surface area contributed by atoms with Crippen molar-refractivity contribution < 1.29 is 19.5 Å². The zero-order chi connectivity index (χ0) is 25.5. The molecule has 3 amide bonds. The minimum absolute atomic E-state index is 0.101. The van der Waals surface area contributed by atoms with E-state index in [0.29, 0.717) is 21.4 Å². The number of hydrogen-bond acceptors (Lipinski definition) is 5. The van der Waals surface area contributed by atoms with E-state index in [0.717, 1.165) is 22.4 Å². The number of aliphatic carboxylic acids is 1. The van der Waals surface area contributed by atoms with Crippen molar-refractivity contribution in [3.8, 4) is 10.4 Å². The molecule has 0 aliphatic rings. The number of aromatic nitrogens is 1. The first-order valence-corrected chi connectivity index (χ1v) is 12.0. The second kappa shape index (κ2) is 11.3. The number of thiazole rings is 1. The van der Waals surface area contributed by atoms with Crippen LogP contribution in [0.2, 0.25) is 0 Å². The third-order valence-electron chi connectivity index (χ3n) is 5.27. The van der Waals surface area contributed by atoms with Crippen LogP contribution in [0.25, 0.3) is 10.4 Å². The summed E-state index contributed by atoms with van der Waals surface area (Å²) in [5.41, 5.74) is 4.29. The highest BCUT2D eigenvalue weighted by Gasteiger charge is 2.17. The molecule has 4 rings (SSSR count). The van der Waals surface area contributed by atoms with E-state index in [2.05, 4.69) is 20.9 Å². The highest BCUT2D eigenvalue weighted by atomic mass is 32.1. The number of hydrogen-bond donors (Lipinski definition) is 4. The van der Waals surface area contributed by atoms with Gasteiger partial charge in [-0.05, 0) is 41.8 Å². The van der Waals surface area contributed by atoms with E-state index in [9.17, 15) is 19.5 Å². The fourth-order valence-corrected chi connectivity index (χ4v) is 4.54. The summed E-state index contributed by atoms with van der Waals surface area (Å²) in [6.07, 6.45) is -0.132. The number of para-hydroxylation sites is 1. The molecule has 0 radical (unpaired) electrons. The Balaban J connectivity index is 1.36. The third kappa shape index (κ3) is 6.55. The van der Waals surface area contributed by atoms with Gasteiger partial charge in [-0.2, -0.15) is 0 Å². The van der Waals surface area contributed by atoms with Crippen LogP contribution in [-0.4, -0.2) is 28.0 Å². The minimum Gasteiger partial charge on any atom is -0.481 e. The van der Waals surface area contributed by atoms with Crippen molar-refractivity contribution in [1.82, 2.24) is 4.98 Å². The minimum atomic E-state index is -0.989. The number of aryl methyl sites for hydroxylation is 1. The molecule has 4 N–H and O–H groups in total. The normalized spacial score (nSPS) is 10.5. The molecule has 1 heterocycles. The van der Waals surface area contributed by atoms with Crippen LogP contribution in [0.3, 0.4) is 0 Å². The molecule has 0 unspecified atom stereocenters. The molecule has 0 aliphatic heterocycles. The number of rotatable bonds is 8. The summed E-state index contributed by atoms with van der Waals surface area (Å²) in [4.78, 5) is 41.2.